The van der Waals surface area contributed by atoms with Crippen LogP contribution in [0.25, 0.3) is 11.1 Å². The SMILES string of the molecule is Cn1cc(-c2cccc(Nc3nc(Nc4nccn4CCO)ncc3F)c2)cn1. The third-order valence-electron chi connectivity index (χ3n) is 4.19. The summed E-state index contributed by atoms with van der Waals surface area (Å²) in [4.78, 5) is 12.3. The largest absolute Gasteiger partial charge is 0.395 e. The summed E-state index contributed by atoms with van der Waals surface area (Å²) in [5, 5.41) is 19.2. The molecule has 0 amide bonds. The molecule has 0 spiro atoms. The van der Waals surface area contributed by atoms with Crippen molar-refractivity contribution in [3.63, 3.8) is 0 Å². The van der Waals surface area contributed by atoms with E-state index in [4.69, 9.17) is 5.11 Å². The third kappa shape index (κ3) is 4.22. The number of hydrogen-bond acceptors (Lipinski definition) is 7. The first-order chi connectivity index (χ1) is 14.1. The average Bonchev–Trinajstić information content (AvgIpc) is 3.34. The van der Waals surface area contributed by atoms with Gasteiger partial charge in [0, 0.05) is 43.4 Å². The summed E-state index contributed by atoms with van der Waals surface area (Å²) in [6.45, 7) is 0.338. The fourth-order valence-electron chi connectivity index (χ4n) is 2.82. The second kappa shape index (κ2) is 8.07. The summed E-state index contributed by atoms with van der Waals surface area (Å²) in [6.07, 6.45) is 8.06. The molecule has 0 aliphatic carbocycles. The van der Waals surface area contributed by atoms with Crippen molar-refractivity contribution in [2.75, 3.05) is 17.2 Å². The molecule has 0 radical (unpaired) electrons. The number of aliphatic hydroxyl groups is 1. The summed E-state index contributed by atoms with van der Waals surface area (Å²) in [5.41, 5.74) is 2.58. The molecule has 1 aromatic carbocycles. The molecule has 4 rings (SSSR count). The van der Waals surface area contributed by atoms with E-state index in [9.17, 15) is 4.39 Å². The minimum Gasteiger partial charge on any atom is -0.395 e. The van der Waals surface area contributed by atoms with Gasteiger partial charge in [0.15, 0.2) is 11.6 Å². The van der Waals surface area contributed by atoms with Crippen LogP contribution in [0, 0.1) is 5.82 Å². The average molecular weight is 394 g/mol. The Hall–Kier alpha value is -3.79. The molecule has 0 saturated heterocycles. The Balaban J connectivity index is 1.56. The molecule has 3 heterocycles. The Bertz CT molecular complexity index is 1120. The zero-order chi connectivity index (χ0) is 20.2. The fourth-order valence-corrected chi connectivity index (χ4v) is 2.82. The van der Waals surface area contributed by atoms with Gasteiger partial charge in [-0.1, -0.05) is 12.1 Å². The Morgan fingerprint density at radius 2 is 2.03 bits per heavy atom. The number of hydrogen-bond donors (Lipinski definition) is 3. The van der Waals surface area contributed by atoms with Crippen LogP contribution in [0.1, 0.15) is 0 Å². The van der Waals surface area contributed by atoms with Gasteiger partial charge in [0.05, 0.1) is 19.0 Å². The van der Waals surface area contributed by atoms with Crippen molar-refractivity contribution in [1.82, 2.24) is 29.3 Å². The van der Waals surface area contributed by atoms with Crippen LogP contribution >= 0.6 is 0 Å². The van der Waals surface area contributed by atoms with E-state index in [1.54, 1.807) is 27.8 Å². The van der Waals surface area contributed by atoms with Crippen molar-refractivity contribution in [2.24, 2.45) is 7.05 Å². The van der Waals surface area contributed by atoms with Crippen molar-refractivity contribution in [2.45, 2.75) is 6.54 Å². The van der Waals surface area contributed by atoms with Gasteiger partial charge >= 0.3 is 0 Å². The Morgan fingerprint density at radius 1 is 1.14 bits per heavy atom. The van der Waals surface area contributed by atoms with Gasteiger partial charge in [-0.2, -0.15) is 10.1 Å². The lowest BCUT2D eigenvalue weighted by Gasteiger charge is -2.11. The van der Waals surface area contributed by atoms with Gasteiger partial charge in [0.1, 0.15) is 0 Å². The van der Waals surface area contributed by atoms with E-state index >= 15 is 0 Å². The number of nitrogens with one attached hydrogen (secondary N) is 2. The number of nitrogens with zero attached hydrogens (tertiary/aromatic N) is 6. The van der Waals surface area contributed by atoms with Crippen LogP contribution < -0.4 is 10.6 Å². The highest BCUT2D eigenvalue weighted by molar-refractivity contribution is 5.69. The quantitative estimate of drug-likeness (QED) is 0.442. The number of anilines is 4. The molecule has 0 aliphatic rings. The predicted octanol–water partition coefficient (Wildman–Crippen LogP) is 2.69. The van der Waals surface area contributed by atoms with E-state index < -0.39 is 5.82 Å². The van der Waals surface area contributed by atoms with Gasteiger partial charge in [-0.15, -0.1) is 0 Å². The first-order valence-electron chi connectivity index (χ1n) is 8.90. The fraction of sp³-hybridized carbons (Fsp3) is 0.158. The van der Waals surface area contributed by atoms with Crippen LogP contribution in [0.5, 0.6) is 0 Å². The highest BCUT2D eigenvalue weighted by atomic mass is 19.1. The Morgan fingerprint density at radius 3 is 2.83 bits per heavy atom. The lowest BCUT2D eigenvalue weighted by Crippen LogP contribution is -2.09. The molecular weight excluding hydrogens is 375 g/mol. The predicted molar refractivity (Wildman–Crippen MR) is 107 cm³/mol. The van der Waals surface area contributed by atoms with Gasteiger partial charge < -0.3 is 15.0 Å². The molecular formula is C19H19FN8O. The minimum absolute atomic E-state index is 0.0323. The molecule has 0 fully saturated rings. The maximum absolute atomic E-state index is 14.3. The summed E-state index contributed by atoms with van der Waals surface area (Å²) in [5.74, 6) is 0.0880. The van der Waals surface area contributed by atoms with E-state index in [1.807, 2.05) is 37.5 Å². The maximum atomic E-state index is 14.3. The molecule has 0 bridgehead atoms. The number of aliphatic hydroxyl groups excluding tert-OH is 1. The molecule has 4 aromatic rings. The molecule has 29 heavy (non-hydrogen) atoms. The first-order valence-corrected chi connectivity index (χ1v) is 8.90. The van der Waals surface area contributed by atoms with Gasteiger partial charge in [-0.05, 0) is 17.7 Å². The van der Waals surface area contributed by atoms with Crippen LogP contribution in [0.3, 0.4) is 0 Å². The summed E-state index contributed by atoms with van der Waals surface area (Å²) < 4.78 is 17.7. The zero-order valence-electron chi connectivity index (χ0n) is 15.6. The normalized spacial score (nSPS) is 10.9. The monoisotopic (exact) mass is 394 g/mol. The summed E-state index contributed by atoms with van der Waals surface area (Å²) >= 11 is 0. The van der Waals surface area contributed by atoms with Crippen molar-refractivity contribution >= 4 is 23.4 Å². The van der Waals surface area contributed by atoms with Gasteiger partial charge in [-0.25, -0.2) is 14.4 Å². The van der Waals surface area contributed by atoms with Crippen LogP contribution in [-0.4, -0.2) is 41.0 Å². The minimum atomic E-state index is -0.582. The number of imidazole rings is 1. The van der Waals surface area contributed by atoms with Gasteiger partial charge in [0.2, 0.25) is 11.9 Å². The van der Waals surface area contributed by atoms with E-state index in [0.717, 1.165) is 17.3 Å². The van der Waals surface area contributed by atoms with Gasteiger partial charge in [0.25, 0.3) is 0 Å². The number of aromatic nitrogens is 6. The molecule has 0 aliphatic heterocycles. The molecule has 0 unspecified atom stereocenters. The first kappa shape index (κ1) is 18.6. The number of halogens is 1. The van der Waals surface area contributed by atoms with Crippen molar-refractivity contribution < 1.29 is 9.50 Å². The molecule has 3 aromatic heterocycles. The van der Waals surface area contributed by atoms with E-state index in [-0.39, 0.29) is 18.4 Å². The standard InChI is InChI=1S/C19H19FN8O/c1-27-12-14(10-23-27)13-3-2-4-15(9-13)24-17-16(20)11-22-18(25-17)26-19-21-5-6-28(19)7-8-29/h2-6,9-12,29H,7-8H2,1H3,(H2,21,22,24,25,26). The van der Waals surface area contributed by atoms with Crippen LogP contribution in [0.4, 0.5) is 27.8 Å². The number of aryl methyl sites for hydroxylation is 1. The molecule has 148 valence electrons. The molecule has 0 atom stereocenters. The third-order valence-corrected chi connectivity index (χ3v) is 4.19. The summed E-state index contributed by atoms with van der Waals surface area (Å²) in [7, 11) is 1.85. The molecule has 9 nitrogen and oxygen atoms in total. The van der Waals surface area contributed by atoms with Crippen LogP contribution in [0.15, 0.2) is 55.2 Å². The number of rotatable bonds is 7. The van der Waals surface area contributed by atoms with Crippen molar-refractivity contribution in [3.8, 4) is 11.1 Å². The second-order valence-electron chi connectivity index (χ2n) is 6.29. The van der Waals surface area contributed by atoms with E-state index in [1.165, 1.54) is 0 Å². The topological polar surface area (TPSA) is 106 Å². The smallest absolute Gasteiger partial charge is 0.231 e. The van der Waals surface area contributed by atoms with Crippen molar-refractivity contribution in [3.05, 3.63) is 61.1 Å². The lowest BCUT2D eigenvalue weighted by molar-refractivity contribution is 0.277. The lowest BCUT2D eigenvalue weighted by atomic mass is 10.1. The summed E-state index contributed by atoms with van der Waals surface area (Å²) in [6, 6.07) is 7.53. The van der Waals surface area contributed by atoms with E-state index in [2.05, 4.69) is 30.7 Å². The highest BCUT2D eigenvalue weighted by Gasteiger charge is 2.11. The van der Waals surface area contributed by atoms with Crippen LogP contribution in [-0.2, 0) is 13.6 Å². The highest BCUT2D eigenvalue weighted by Crippen LogP contribution is 2.25. The van der Waals surface area contributed by atoms with Crippen LogP contribution in [0.2, 0.25) is 0 Å². The second-order valence-corrected chi connectivity index (χ2v) is 6.29. The van der Waals surface area contributed by atoms with Gasteiger partial charge in [-0.3, -0.25) is 10.00 Å². The molecule has 10 heteroatoms. The maximum Gasteiger partial charge on any atom is 0.231 e. The number of benzene rings is 1. The zero-order valence-corrected chi connectivity index (χ0v) is 15.6. The molecule has 0 saturated carbocycles. The molecule has 3 N–H and O–H groups in total. The van der Waals surface area contributed by atoms with E-state index in [0.29, 0.717) is 18.2 Å². The Labute approximate surface area is 165 Å². The van der Waals surface area contributed by atoms with Crippen molar-refractivity contribution in [1.29, 1.82) is 0 Å². The Kier molecular flexibility index (Phi) is 5.16.